The highest BCUT2D eigenvalue weighted by Crippen LogP contribution is 2.22. The molecule has 0 radical (unpaired) electrons. The molecule has 0 bridgehead atoms. The van der Waals surface area contributed by atoms with Crippen LogP contribution in [-0.2, 0) is 20.7 Å². The van der Waals surface area contributed by atoms with Gasteiger partial charge in [0.05, 0.1) is 6.42 Å². The summed E-state index contributed by atoms with van der Waals surface area (Å²) in [4.78, 5) is 23.7. The summed E-state index contributed by atoms with van der Waals surface area (Å²) in [5, 5.41) is 2.70. The van der Waals surface area contributed by atoms with E-state index in [1.165, 1.54) is 0 Å². The first-order valence-corrected chi connectivity index (χ1v) is 8.76. The maximum atomic E-state index is 11.9. The third-order valence-electron chi connectivity index (χ3n) is 3.96. The van der Waals surface area contributed by atoms with Gasteiger partial charge in [0, 0.05) is 17.7 Å². The molecular weight excluding hydrogens is 342 g/mol. The summed E-state index contributed by atoms with van der Waals surface area (Å²) in [5.74, 6) is 0.664. The lowest BCUT2D eigenvalue weighted by molar-refractivity contribution is -0.147. The zero-order valence-corrected chi connectivity index (χ0v) is 15.1. The van der Waals surface area contributed by atoms with Gasteiger partial charge in [0.1, 0.15) is 11.5 Å². The minimum absolute atomic E-state index is 0.152. The molecule has 27 heavy (non-hydrogen) atoms. The van der Waals surface area contributed by atoms with Crippen LogP contribution < -0.4 is 5.32 Å². The van der Waals surface area contributed by atoms with E-state index in [-0.39, 0.29) is 18.9 Å². The summed E-state index contributed by atoms with van der Waals surface area (Å²) >= 11 is 0. The van der Waals surface area contributed by atoms with Gasteiger partial charge in [-0.1, -0.05) is 42.5 Å². The first-order chi connectivity index (χ1) is 13.1. The van der Waals surface area contributed by atoms with Crippen LogP contribution in [0.4, 0.5) is 5.69 Å². The standard InChI is InChI=1S/C22H21NO4/c1-16-6-5-9-18(14-16)23-21(24)15-26-22(25)13-11-19-10-12-20(27-19)17-7-3-2-4-8-17/h2-10,12,14H,11,13,15H2,1H3,(H,23,24). The van der Waals surface area contributed by atoms with Crippen LogP contribution >= 0.6 is 0 Å². The lowest BCUT2D eigenvalue weighted by atomic mass is 10.2. The van der Waals surface area contributed by atoms with Gasteiger partial charge in [-0.25, -0.2) is 0 Å². The van der Waals surface area contributed by atoms with Crippen LogP contribution in [-0.4, -0.2) is 18.5 Å². The SMILES string of the molecule is Cc1cccc(NC(=O)COC(=O)CCc2ccc(-c3ccccc3)o2)c1. The number of ether oxygens (including phenoxy) is 1. The first kappa shape index (κ1) is 18.5. The summed E-state index contributed by atoms with van der Waals surface area (Å²) < 4.78 is 10.8. The average molecular weight is 363 g/mol. The van der Waals surface area contributed by atoms with Gasteiger partial charge in [-0.05, 0) is 36.8 Å². The predicted molar refractivity (Wildman–Crippen MR) is 103 cm³/mol. The topological polar surface area (TPSA) is 68.5 Å². The van der Waals surface area contributed by atoms with Crippen molar-refractivity contribution in [1.82, 2.24) is 0 Å². The number of carbonyl (C=O) groups excluding carboxylic acids is 2. The second kappa shape index (κ2) is 8.85. The highest BCUT2D eigenvalue weighted by Gasteiger charge is 2.10. The van der Waals surface area contributed by atoms with Crippen molar-refractivity contribution in [3.8, 4) is 11.3 Å². The summed E-state index contributed by atoms with van der Waals surface area (Å²) in [5.41, 5.74) is 2.71. The largest absolute Gasteiger partial charge is 0.461 e. The second-order valence-corrected chi connectivity index (χ2v) is 6.21. The molecule has 1 heterocycles. The molecule has 0 fully saturated rings. The number of rotatable bonds is 7. The van der Waals surface area contributed by atoms with E-state index in [4.69, 9.17) is 9.15 Å². The average Bonchev–Trinajstić information content (AvgIpc) is 3.14. The minimum Gasteiger partial charge on any atom is -0.461 e. The monoisotopic (exact) mass is 363 g/mol. The van der Waals surface area contributed by atoms with E-state index < -0.39 is 5.97 Å². The number of esters is 1. The molecule has 0 aliphatic heterocycles. The van der Waals surface area contributed by atoms with E-state index in [1.54, 1.807) is 6.07 Å². The fourth-order valence-electron chi connectivity index (χ4n) is 2.63. The maximum absolute atomic E-state index is 11.9. The summed E-state index contributed by atoms with van der Waals surface area (Å²) in [7, 11) is 0. The van der Waals surface area contributed by atoms with E-state index in [1.807, 2.05) is 67.6 Å². The van der Waals surface area contributed by atoms with Crippen molar-refractivity contribution >= 4 is 17.6 Å². The number of anilines is 1. The zero-order chi connectivity index (χ0) is 19.1. The van der Waals surface area contributed by atoms with Gasteiger partial charge in [0.25, 0.3) is 5.91 Å². The fourth-order valence-corrected chi connectivity index (χ4v) is 2.63. The Bertz CT molecular complexity index is 915. The van der Waals surface area contributed by atoms with Crippen molar-refractivity contribution in [2.45, 2.75) is 19.8 Å². The van der Waals surface area contributed by atoms with Crippen molar-refractivity contribution in [1.29, 1.82) is 0 Å². The van der Waals surface area contributed by atoms with Crippen LogP contribution in [0.2, 0.25) is 0 Å². The van der Waals surface area contributed by atoms with Crippen molar-refractivity contribution in [3.05, 3.63) is 78.1 Å². The molecule has 138 valence electrons. The van der Waals surface area contributed by atoms with Crippen molar-refractivity contribution < 1.29 is 18.7 Å². The van der Waals surface area contributed by atoms with E-state index in [0.29, 0.717) is 17.9 Å². The molecular formula is C22H21NO4. The molecule has 5 nitrogen and oxygen atoms in total. The Balaban J connectivity index is 1.42. The molecule has 1 N–H and O–H groups in total. The molecule has 0 aliphatic rings. The van der Waals surface area contributed by atoms with Crippen LogP contribution in [0.5, 0.6) is 0 Å². The van der Waals surface area contributed by atoms with Gasteiger partial charge >= 0.3 is 5.97 Å². The number of amides is 1. The molecule has 5 heteroatoms. The van der Waals surface area contributed by atoms with Crippen LogP contribution in [0, 0.1) is 6.92 Å². The van der Waals surface area contributed by atoms with Crippen molar-refractivity contribution in [2.24, 2.45) is 0 Å². The van der Waals surface area contributed by atoms with Gasteiger partial charge in [-0.15, -0.1) is 0 Å². The molecule has 0 saturated carbocycles. The summed E-state index contributed by atoms with van der Waals surface area (Å²) in [6, 6.07) is 20.9. The molecule has 0 aliphatic carbocycles. The highest BCUT2D eigenvalue weighted by atomic mass is 16.5. The van der Waals surface area contributed by atoms with Crippen LogP contribution in [0.3, 0.4) is 0 Å². The third-order valence-corrected chi connectivity index (χ3v) is 3.96. The van der Waals surface area contributed by atoms with E-state index >= 15 is 0 Å². The van der Waals surface area contributed by atoms with E-state index in [0.717, 1.165) is 16.9 Å². The predicted octanol–water partition coefficient (Wildman–Crippen LogP) is 4.37. The molecule has 1 aromatic heterocycles. The number of furan rings is 1. The van der Waals surface area contributed by atoms with Crippen molar-refractivity contribution in [2.75, 3.05) is 11.9 Å². The van der Waals surface area contributed by atoms with Gasteiger partial charge in [-0.2, -0.15) is 0 Å². The number of nitrogens with one attached hydrogen (secondary N) is 1. The lowest BCUT2D eigenvalue weighted by Gasteiger charge is -2.07. The normalized spacial score (nSPS) is 10.4. The van der Waals surface area contributed by atoms with E-state index in [2.05, 4.69) is 5.32 Å². The lowest BCUT2D eigenvalue weighted by Crippen LogP contribution is -2.21. The Morgan fingerprint density at radius 3 is 2.59 bits per heavy atom. The number of aryl methyl sites for hydroxylation is 2. The zero-order valence-electron chi connectivity index (χ0n) is 15.1. The summed E-state index contributed by atoms with van der Waals surface area (Å²) in [6.07, 6.45) is 0.574. The van der Waals surface area contributed by atoms with Gasteiger partial charge in [0.15, 0.2) is 6.61 Å². The number of hydrogen-bond donors (Lipinski definition) is 1. The molecule has 1 amide bonds. The third kappa shape index (κ3) is 5.57. The van der Waals surface area contributed by atoms with Gasteiger partial charge in [0.2, 0.25) is 0 Å². The fraction of sp³-hybridized carbons (Fsp3) is 0.182. The van der Waals surface area contributed by atoms with Crippen molar-refractivity contribution in [3.63, 3.8) is 0 Å². The molecule has 3 rings (SSSR count). The maximum Gasteiger partial charge on any atom is 0.306 e. The van der Waals surface area contributed by atoms with Gasteiger partial charge in [-0.3, -0.25) is 9.59 Å². The second-order valence-electron chi connectivity index (χ2n) is 6.21. The Morgan fingerprint density at radius 2 is 1.81 bits per heavy atom. The number of carbonyl (C=O) groups is 2. The Morgan fingerprint density at radius 1 is 1.00 bits per heavy atom. The molecule has 0 unspecified atom stereocenters. The molecule has 2 aromatic carbocycles. The Labute approximate surface area is 158 Å². The van der Waals surface area contributed by atoms with Crippen LogP contribution in [0.1, 0.15) is 17.7 Å². The Kier molecular flexibility index (Phi) is 6.05. The number of hydrogen-bond acceptors (Lipinski definition) is 4. The van der Waals surface area contributed by atoms with E-state index in [9.17, 15) is 9.59 Å². The molecule has 0 spiro atoms. The number of benzene rings is 2. The van der Waals surface area contributed by atoms with Gasteiger partial charge < -0.3 is 14.5 Å². The van der Waals surface area contributed by atoms with Crippen LogP contribution in [0.25, 0.3) is 11.3 Å². The quantitative estimate of drug-likeness (QED) is 0.633. The molecule has 0 atom stereocenters. The molecule has 0 saturated heterocycles. The first-order valence-electron chi connectivity index (χ1n) is 8.76. The van der Waals surface area contributed by atoms with Crippen LogP contribution in [0.15, 0.2) is 71.1 Å². The minimum atomic E-state index is -0.438. The smallest absolute Gasteiger partial charge is 0.306 e. The summed E-state index contributed by atoms with van der Waals surface area (Å²) in [6.45, 7) is 1.63. The molecule has 3 aromatic rings. The Hall–Kier alpha value is -3.34. The highest BCUT2D eigenvalue weighted by molar-refractivity contribution is 5.92.